The predicted molar refractivity (Wildman–Crippen MR) is 43.9 cm³/mol. The number of hydrogen-bond acceptors (Lipinski definition) is 1. The molecule has 0 aliphatic rings. The third-order valence-corrected chi connectivity index (χ3v) is 1.32. The summed E-state index contributed by atoms with van der Waals surface area (Å²) in [5.41, 5.74) is 0.763. The zero-order chi connectivity index (χ0) is 8.10. The zero-order valence-corrected chi connectivity index (χ0v) is 6.39. The van der Waals surface area contributed by atoms with Crippen molar-refractivity contribution in [2.24, 2.45) is 0 Å². The number of benzene rings is 1. The van der Waals surface area contributed by atoms with Crippen LogP contribution in [-0.2, 0) is 0 Å². The maximum atomic E-state index is 8.14. The molecule has 0 saturated carbocycles. The van der Waals surface area contributed by atoms with Crippen molar-refractivity contribution >= 4 is 11.6 Å². The first-order valence-electron chi connectivity index (χ1n) is 2.98. The fourth-order valence-corrected chi connectivity index (χ4v) is 0.857. The van der Waals surface area contributed by atoms with Crippen molar-refractivity contribution in [1.29, 1.82) is 5.26 Å². The Bertz CT molecular complexity index is 352. The van der Waals surface area contributed by atoms with Gasteiger partial charge in [0.1, 0.15) is 0 Å². The quantitative estimate of drug-likeness (QED) is 0.536. The number of halogens is 1. The lowest BCUT2D eigenvalue weighted by atomic mass is 10.2. The Morgan fingerprint density at radius 2 is 2.18 bits per heavy atom. The lowest BCUT2D eigenvalue weighted by Gasteiger charge is -1.88. The van der Waals surface area contributed by atoms with Crippen LogP contribution in [0.15, 0.2) is 24.3 Å². The summed E-state index contributed by atoms with van der Waals surface area (Å²) in [7, 11) is 0. The molecule has 1 aromatic carbocycles. The van der Waals surface area contributed by atoms with Gasteiger partial charge in [-0.2, -0.15) is 5.26 Å². The van der Waals surface area contributed by atoms with E-state index in [1.807, 2.05) is 0 Å². The molecule has 0 bridgehead atoms. The Kier molecular flexibility index (Phi) is 2.55. The van der Waals surface area contributed by atoms with Crippen molar-refractivity contribution in [2.45, 2.75) is 0 Å². The van der Waals surface area contributed by atoms with E-state index in [9.17, 15) is 0 Å². The van der Waals surface area contributed by atoms with Crippen molar-refractivity contribution in [3.8, 4) is 17.9 Å². The standard InChI is InChI=1S/C9H4ClN/c10-9-5-1-3-8(7-9)4-2-6-11/h1,3,5,7H. The highest BCUT2D eigenvalue weighted by molar-refractivity contribution is 6.30. The molecule has 0 amide bonds. The SMILES string of the molecule is N#CC#Cc1cccc(Cl)c1. The molecule has 0 heterocycles. The Balaban J connectivity index is 2.99. The fraction of sp³-hybridized carbons (Fsp3) is 0. The van der Waals surface area contributed by atoms with Crippen molar-refractivity contribution in [3.63, 3.8) is 0 Å². The summed E-state index contributed by atoms with van der Waals surface area (Å²) >= 11 is 5.67. The lowest BCUT2D eigenvalue weighted by Crippen LogP contribution is -1.71. The molecule has 1 nitrogen and oxygen atoms in total. The molecule has 1 rings (SSSR count). The van der Waals surface area contributed by atoms with Crippen LogP contribution in [0.1, 0.15) is 5.56 Å². The van der Waals surface area contributed by atoms with Crippen molar-refractivity contribution in [2.75, 3.05) is 0 Å². The summed E-state index contributed by atoms with van der Waals surface area (Å²) in [4.78, 5) is 0. The Hall–Kier alpha value is -1.44. The molecule has 0 saturated heterocycles. The van der Waals surface area contributed by atoms with Gasteiger partial charge in [-0.25, -0.2) is 0 Å². The molecule has 11 heavy (non-hydrogen) atoms. The van der Waals surface area contributed by atoms with Gasteiger partial charge in [0.05, 0.1) is 0 Å². The number of nitriles is 1. The Labute approximate surface area is 70.2 Å². The first kappa shape index (κ1) is 7.66. The highest BCUT2D eigenvalue weighted by atomic mass is 35.5. The summed E-state index contributed by atoms with van der Waals surface area (Å²) in [6.45, 7) is 0. The number of rotatable bonds is 0. The Morgan fingerprint density at radius 3 is 2.82 bits per heavy atom. The van der Waals surface area contributed by atoms with Gasteiger partial charge in [-0.1, -0.05) is 23.6 Å². The van der Waals surface area contributed by atoms with E-state index in [0.717, 1.165) is 5.56 Å². The minimum absolute atomic E-state index is 0.634. The monoisotopic (exact) mass is 161 g/mol. The van der Waals surface area contributed by atoms with E-state index < -0.39 is 0 Å². The molecule has 1 aromatic rings. The molecular weight excluding hydrogens is 158 g/mol. The maximum Gasteiger partial charge on any atom is 0.152 e. The summed E-state index contributed by atoms with van der Waals surface area (Å²) < 4.78 is 0. The van der Waals surface area contributed by atoms with Crippen molar-refractivity contribution in [3.05, 3.63) is 34.9 Å². The minimum atomic E-state index is 0.634. The van der Waals surface area contributed by atoms with E-state index in [1.165, 1.54) is 0 Å². The molecule has 0 spiro atoms. The smallest absolute Gasteiger partial charge is 0.152 e. The molecule has 52 valence electrons. The van der Waals surface area contributed by atoms with Crippen LogP contribution in [0.4, 0.5) is 0 Å². The van der Waals surface area contributed by atoms with Crippen LogP contribution < -0.4 is 0 Å². The van der Waals surface area contributed by atoms with Crippen molar-refractivity contribution < 1.29 is 0 Å². The van der Waals surface area contributed by atoms with Gasteiger partial charge < -0.3 is 0 Å². The maximum absolute atomic E-state index is 8.14. The largest absolute Gasteiger partial charge is 0.183 e. The summed E-state index contributed by atoms with van der Waals surface area (Å²) in [6.07, 6.45) is 0. The first-order chi connectivity index (χ1) is 5.33. The van der Waals surface area contributed by atoms with Crippen LogP contribution in [-0.4, -0.2) is 0 Å². The van der Waals surface area contributed by atoms with Crippen LogP contribution >= 0.6 is 11.6 Å². The normalized spacial score (nSPS) is 7.64. The van der Waals surface area contributed by atoms with Gasteiger partial charge in [0, 0.05) is 16.5 Å². The fourth-order valence-electron chi connectivity index (χ4n) is 0.666. The predicted octanol–water partition coefficient (Wildman–Crippen LogP) is 2.22. The molecule has 0 N–H and O–H groups in total. The van der Waals surface area contributed by atoms with Gasteiger partial charge in [-0.05, 0) is 18.2 Å². The van der Waals surface area contributed by atoms with Gasteiger partial charge in [0.15, 0.2) is 6.07 Å². The van der Waals surface area contributed by atoms with Crippen LogP contribution in [0.25, 0.3) is 0 Å². The van der Waals surface area contributed by atoms with E-state index in [4.69, 9.17) is 16.9 Å². The molecule has 0 fully saturated rings. The topological polar surface area (TPSA) is 23.8 Å². The second-order valence-corrected chi connectivity index (χ2v) is 2.31. The highest BCUT2D eigenvalue weighted by Crippen LogP contribution is 2.08. The third kappa shape index (κ3) is 2.34. The second-order valence-electron chi connectivity index (χ2n) is 1.87. The highest BCUT2D eigenvalue weighted by Gasteiger charge is 1.86. The van der Waals surface area contributed by atoms with Crippen LogP contribution in [0.2, 0.25) is 5.02 Å². The average Bonchev–Trinajstić information content (AvgIpc) is 2.01. The van der Waals surface area contributed by atoms with E-state index >= 15 is 0 Å². The molecule has 0 aliphatic heterocycles. The molecule has 0 radical (unpaired) electrons. The van der Waals surface area contributed by atoms with Gasteiger partial charge in [0.25, 0.3) is 0 Å². The van der Waals surface area contributed by atoms with Gasteiger partial charge in [-0.3, -0.25) is 0 Å². The summed E-state index contributed by atoms with van der Waals surface area (Å²) in [5.74, 6) is 4.93. The number of hydrogen-bond donors (Lipinski definition) is 0. The van der Waals surface area contributed by atoms with Crippen molar-refractivity contribution in [1.82, 2.24) is 0 Å². The van der Waals surface area contributed by atoms with E-state index in [-0.39, 0.29) is 0 Å². The molecular formula is C9H4ClN. The van der Waals surface area contributed by atoms with Crippen LogP contribution in [0.5, 0.6) is 0 Å². The van der Waals surface area contributed by atoms with Crippen LogP contribution in [0.3, 0.4) is 0 Å². The third-order valence-electron chi connectivity index (χ3n) is 1.09. The Morgan fingerprint density at radius 1 is 1.36 bits per heavy atom. The van der Waals surface area contributed by atoms with E-state index in [0.29, 0.717) is 5.02 Å². The van der Waals surface area contributed by atoms with Crippen LogP contribution in [0, 0.1) is 23.2 Å². The number of nitrogens with zero attached hydrogens (tertiary/aromatic N) is 1. The minimum Gasteiger partial charge on any atom is -0.183 e. The lowest BCUT2D eigenvalue weighted by molar-refractivity contribution is 1.55. The van der Waals surface area contributed by atoms with Gasteiger partial charge in [-0.15, -0.1) is 0 Å². The second kappa shape index (κ2) is 3.66. The van der Waals surface area contributed by atoms with Gasteiger partial charge >= 0.3 is 0 Å². The molecule has 0 unspecified atom stereocenters. The summed E-state index contributed by atoms with van der Waals surface area (Å²) in [6, 6.07) is 8.81. The van der Waals surface area contributed by atoms with E-state index in [2.05, 4.69) is 11.8 Å². The van der Waals surface area contributed by atoms with E-state index in [1.54, 1.807) is 30.3 Å². The van der Waals surface area contributed by atoms with Gasteiger partial charge in [0.2, 0.25) is 0 Å². The first-order valence-corrected chi connectivity index (χ1v) is 3.36. The summed E-state index contributed by atoms with van der Waals surface area (Å²) in [5, 5.41) is 8.77. The molecule has 0 aromatic heterocycles. The molecule has 0 aliphatic carbocycles. The zero-order valence-electron chi connectivity index (χ0n) is 5.63. The average molecular weight is 162 g/mol. The molecule has 0 atom stereocenters. The molecule has 2 heteroatoms.